The first kappa shape index (κ1) is 12.4. The van der Waals surface area contributed by atoms with E-state index in [1.54, 1.807) is 18.2 Å². The molecule has 0 unspecified atom stereocenters. The van der Waals surface area contributed by atoms with E-state index in [4.69, 9.17) is 9.47 Å². The molecule has 0 saturated heterocycles. The van der Waals surface area contributed by atoms with Gasteiger partial charge in [0.05, 0.1) is 0 Å². The van der Waals surface area contributed by atoms with Crippen LogP contribution < -0.4 is 14.8 Å². The minimum atomic E-state index is 0.0154. The summed E-state index contributed by atoms with van der Waals surface area (Å²) in [6.07, 6.45) is 0. The molecule has 0 radical (unpaired) electrons. The molecule has 1 N–H and O–H groups in total. The molecule has 0 aromatic heterocycles. The van der Waals surface area contributed by atoms with E-state index in [9.17, 15) is 4.79 Å². The zero-order valence-electron chi connectivity index (χ0n) is 11.5. The van der Waals surface area contributed by atoms with E-state index in [2.05, 4.69) is 5.32 Å². The second-order valence-corrected chi connectivity index (χ2v) is 5.27. The number of ketones is 1. The summed E-state index contributed by atoms with van der Waals surface area (Å²) in [7, 11) is 0. The SMILES string of the molecule is O=C(c1ccc2c(c1)CNC2)c1ccc2c(c1)OCCO2. The molecule has 0 aliphatic carbocycles. The molecule has 21 heavy (non-hydrogen) atoms. The zero-order valence-corrected chi connectivity index (χ0v) is 11.5. The highest BCUT2D eigenvalue weighted by Crippen LogP contribution is 2.31. The largest absolute Gasteiger partial charge is 0.486 e. The van der Waals surface area contributed by atoms with Crippen LogP contribution in [0.15, 0.2) is 36.4 Å². The number of benzene rings is 2. The van der Waals surface area contributed by atoms with Crippen LogP contribution in [0.5, 0.6) is 11.5 Å². The predicted molar refractivity (Wildman–Crippen MR) is 77.9 cm³/mol. The minimum Gasteiger partial charge on any atom is -0.486 e. The molecule has 4 heteroatoms. The maximum Gasteiger partial charge on any atom is 0.193 e. The average Bonchev–Trinajstić information content (AvgIpc) is 3.01. The Morgan fingerprint density at radius 2 is 1.57 bits per heavy atom. The maximum absolute atomic E-state index is 12.6. The van der Waals surface area contributed by atoms with Crippen LogP contribution in [0.4, 0.5) is 0 Å². The lowest BCUT2D eigenvalue weighted by Crippen LogP contribution is -2.16. The number of ether oxygens (including phenoxy) is 2. The Morgan fingerprint density at radius 3 is 2.48 bits per heavy atom. The van der Waals surface area contributed by atoms with Gasteiger partial charge < -0.3 is 14.8 Å². The van der Waals surface area contributed by atoms with E-state index < -0.39 is 0 Å². The number of nitrogens with one attached hydrogen (secondary N) is 1. The van der Waals surface area contributed by atoms with Crippen LogP contribution in [0, 0.1) is 0 Å². The van der Waals surface area contributed by atoms with Gasteiger partial charge in [0.2, 0.25) is 0 Å². The molecule has 0 amide bonds. The molecule has 0 bridgehead atoms. The lowest BCUT2D eigenvalue weighted by molar-refractivity contribution is 0.103. The highest BCUT2D eigenvalue weighted by Gasteiger charge is 2.18. The molecule has 2 aliphatic rings. The molecule has 2 aromatic rings. The molecular weight excluding hydrogens is 266 g/mol. The van der Waals surface area contributed by atoms with Crippen LogP contribution in [-0.2, 0) is 13.1 Å². The fraction of sp³-hybridized carbons (Fsp3) is 0.235. The molecule has 4 nitrogen and oxygen atoms in total. The lowest BCUT2D eigenvalue weighted by Gasteiger charge is -2.18. The van der Waals surface area contributed by atoms with Gasteiger partial charge in [-0.3, -0.25) is 4.79 Å². The van der Waals surface area contributed by atoms with Gasteiger partial charge in [-0.25, -0.2) is 0 Å². The first-order chi connectivity index (χ1) is 10.3. The summed E-state index contributed by atoms with van der Waals surface area (Å²) >= 11 is 0. The number of carbonyl (C=O) groups is 1. The Bertz CT molecular complexity index is 724. The highest BCUT2D eigenvalue weighted by atomic mass is 16.6. The van der Waals surface area contributed by atoms with E-state index in [0.717, 1.165) is 13.1 Å². The third-order valence-electron chi connectivity index (χ3n) is 3.90. The van der Waals surface area contributed by atoms with Crippen molar-refractivity contribution in [2.75, 3.05) is 13.2 Å². The summed E-state index contributed by atoms with van der Waals surface area (Å²) in [5.74, 6) is 1.37. The van der Waals surface area contributed by atoms with Crippen molar-refractivity contribution in [3.63, 3.8) is 0 Å². The topological polar surface area (TPSA) is 47.6 Å². The number of fused-ring (bicyclic) bond motifs is 2. The van der Waals surface area contributed by atoms with Gasteiger partial charge in [-0.1, -0.05) is 12.1 Å². The minimum absolute atomic E-state index is 0.0154. The van der Waals surface area contributed by atoms with Crippen molar-refractivity contribution in [1.29, 1.82) is 0 Å². The van der Waals surface area contributed by atoms with Crippen molar-refractivity contribution in [3.8, 4) is 11.5 Å². The Balaban J connectivity index is 1.68. The van der Waals surface area contributed by atoms with Crippen molar-refractivity contribution in [3.05, 3.63) is 58.7 Å². The normalized spacial score (nSPS) is 15.6. The Hall–Kier alpha value is -2.33. The molecule has 2 heterocycles. The second kappa shape index (κ2) is 4.90. The van der Waals surface area contributed by atoms with Gasteiger partial charge in [-0.2, -0.15) is 0 Å². The summed E-state index contributed by atoms with van der Waals surface area (Å²) < 4.78 is 11.0. The van der Waals surface area contributed by atoms with Gasteiger partial charge >= 0.3 is 0 Å². The number of hydrogen-bond donors (Lipinski definition) is 1. The molecular formula is C17H15NO3. The van der Waals surface area contributed by atoms with Crippen molar-refractivity contribution >= 4 is 5.78 Å². The molecule has 2 aliphatic heterocycles. The number of hydrogen-bond acceptors (Lipinski definition) is 4. The first-order valence-electron chi connectivity index (χ1n) is 7.08. The second-order valence-electron chi connectivity index (χ2n) is 5.27. The van der Waals surface area contributed by atoms with Gasteiger partial charge in [0.15, 0.2) is 17.3 Å². The van der Waals surface area contributed by atoms with Gasteiger partial charge in [0, 0.05) is 24.2 Å². The van der Waals surface area contributed by atoms with Crippen LogP contribution in [0.2, 0.25) is 0 Å². The lowest BCUT2D eigenvalue weighted by atomic mass is 9.99. The number of rotatable bonds is 2. The van der Waals surface area contributed by atoms with E-state index in [1.807, 2.05) is 18.2 Å². The average molecular weight is 281 g/mol. The fourth-order valence-electron chi connectivity index (χ4n) is 2.79. The van der Waals surface area contributed by atoms with Gasteiger partial charge in [0.25, 0.3) is 0 Å². The van der Waals surface area contributed by atoms with Crippen LogP contribution in [0.1, 0.15) is 27.0 Å². The summed E-state index contributed by atoms with van der Waals surface area (Å²) in [5.41, 5.74) is 3.83. The smallest absolute Gasteiger partial charge is 0.193 e. The third-order valence-corrected chi connectivity index (χ3v) is 3.90. The molecule has 2 aromatic carbocycles. The van der Waals surface area contributed by atoms with E-state index in [0.29, 0.717) is 35.8 Å². The van der Waals surface area contributed by atoms with E-state index >= 15 is 0 Å². The zero-order chi connectivity index (χ0) is 14.2. The summed E-state index contributed by atoms with van der Waals surface area (Å²) in [4.78, 5) is 12.6. The van der Waals surface area contributed by atoms with Crippen LogP contribution in [0.3, 0.4) is 0 Å². The molecule has 106 valence electrons. The molecule has 4 rings (SSSR count). The molecule has 0 atom stereocenters. The van der Waals surface area contributed by atoms with Gasteiger partial charge in [-0.05, 0) is 35.4 Å². The summed E-state index contributed by atoms with van der Waals surface area (Å²) in [5, 5.41) is 3.29. The first-order valence-corrected chi connectivity index (χ1v) is 7.08. The van der Waals surface area contributed by atoms with Crippen molar-refractivity contribution < 1.29 is 14.3 Å². The van der Waals surface area contributed by atoms with Gasteiger partial charge in [-0.15, -0.1) is 0 Å². The van der Waals surface area contributed by atoms with Crippen LogP contribution in [0.25, 0.3) is 0 Å². The fourth-order valence-corrected chi connectivity index (χ4v) is 2.79. The summed E-state index contributed by atoms with van der Waals surface area (Å²) in [6.45, 7) is 2.79. The molecule has 0 saturated carbocycles. The Labute approximate surface area is 122 Å². The Kier molecular flexibility index (Phi) is 2.89. The van der Waals surface area contributed by atoms with E-state index in [1.165, 1.54) is 11.1 Å². The predicted octanol–water partition coefficient (Wildman–Crippen LogP) is 2.29. The standard InChI is InChI=1S/C17H15NO3/c19-17(11-1-2-13-9-18-10-14(13)7-11)12-3-4-15-16(8-12)21-6-5-20-15/h1-4,7-8,18H,5-6,9-10H2. The Morgan fingerprint density at radius 1 is 0.857 bits per heavy atom. The number of carbonyl (C=O) groups excluding carboxylic acids is 1. The van der Waals surface area contributed by atoms with E-state index in [-0.39, 0.29) is 5.78 Å². The quantitative estimate of drug-likeness (QED) is 0.858. The summed E-state index contributed by atoms with van der Waals surface area (Å²) in [6, 6.07) is 11.3. The van der Waals surface area contributed by atoms with Crippen molar-refractivity contribution in [2.24, 2.45) is 0 Å². The molecule has 0 fully saturated rings. The maximum atomic E-state index is 12.6. The molecule has 0 spiro atoms. The van der Waals surface area contributed by atoms with Crippen molar-refractivity contribution in [1.82, 2.24) is 5.32 Å². The van der Waals surface area contributed by atoms with Crippen LogP contribution >= 0.6 is 0 Å². The third kappa shape index (κ3) is 2.17. The van der Waals surface area contributed by atoms with Crippen LogP contribution in [-0.4, -0.2) is 19.0 Å². The monoisotopic (exact) mass is 281 g/mol. The van der Waals surface area contributed by atoms with Crippen molar-refractivity contribution in [2.45, 2.75) is 13.1 Å². The highest BCUT2D eigenvalue weighted by molar-refractivity contribution is 6.09. The van der Waals surface area contributed by atoms with Gasteiger partial charge in [0.1, 0.15) is 13.2 Å².